The molecule has 0 saturated heterocycles. The predicted molar refractivity (Wildman–Crippen MR) is 50.1 cm³/mol. The van der Waals surface area contributed by atoms with Gasteiger partial charge in [0.15, 0.2) is 5.84 Å². The summed E-state index contributed by atoms with van der Waals surface area (Å²) >= 11 is 0. The van der Waals surface area contributed by atoms with E-state index < -0.39 is 0 Å². The molecule has 0 radical (unpaired) electrons. The Morgan fingerprint density at radius 3 is 3.00 bits per heavy atom. The monoisotopic (exact) mass is 179 g/mol. The van der Waals surface area contributed by atoms with E-state index in [1.165, 1.54) is 0 Å². The van der Waals surface area contributed by atoms with Crippen LogP contribution in [0.1, 0.15) is 18.5 Å². The predicted octanol–water partition coefficient (Wildman–Crippen LogP) is -0.208. The summed E-state index contributed by atoms with van der Waals surface area (Å²) in [7, 11) is 1.87. The Kier molecular flexibility index (Phi) is 2.02. The van der Waals surface area contributed by atoms with Gasteiger partial charge in [-0.3, -0.25) is 9.67 Å². The lowest BCUT2D eigenvalue weighted by atomic mass is 10.4. The maximum Gasteiger partial charge on any atom is 0.163 e. The van der Waals surface area contributed by atoms with Gasteiger partial charge in [-0.2, -0.15) is 5.10 Å². The third-order valence-corrected chi connectivity index (χ3v) is 1.95. The minimum Gasteiger partial charge on any atom is -0.307 e. The van der Waals surface area contributed by atoms with E-state index in [2.05, 4.69) is 15.5 Å². The molecule has 0 aromatic carbocycles. The Morgan fingerprint density at radius 2 is 2.54 bits per heavy atom. The van der Waals surface area contributed by atoms with Gasteiger partial charge in [-0.05, 0) is 18.9 Å². The van der Waals surface area contributed by atoms with Crippen molar-refractivity contribution in [1.82, 2.24) is 15.2 Å². The summed E-state index contributed by atoms with van der Waals surface area (Å²) in [5.41, 5.74) is 3.38. The third-order valence-electron chi connectivity index (χ3n) is 1.95. The second kappa shape index (κ2) is 3.18. The summed E-state index contributed by atoms with van der Waals surface area (Å²) < 4.78 is 1.73. The summed E-state index contributed by atoms with van der Waals surface area (Å²) in [6.45, 7) is 0. The number of hydrogen-bond donors (Lipinski definition) is 2. The molecule has 1 aromatic heterocycles. The molecule has 3 N–H and O–H groups in total. The summed E-state index contributed by atoms with van der Waals surface area (Å²) in [4.78, 5) is 4.39. The van der Waals surface area contributed by atoms with Crippen LogP contribution in [0.5, 0.6) is 0 Å². The molecular weight excluding hydrogens is 166 g/mol. The van der Waals surface area contributed by atoms with Crippen LogP contribution in [0.15, 0.2) is 17.3 Å². The first-order chi connectivity index (χ1) is 6.29. The van der Waals surface area contributed by atoms with Crippen molar-refractivity contribution in [2.75, 3.05) is 0 Å². The number of nitrogens with zero attached hydrogens (tertiary/aromatic N) is 3. The number of nitrogens with two attached hydrogens (primary N) is 1. The minimum absolute atomic E-state index is 0.452. The summed E-state index contributed by atoms with van der Waals surface area (Å²) in [6.07, 6.45) is 4.20. The lowest BCUT2D eigenvalue weighted by Crippen LogP contribution is -2.32. The molecule has 70 valence electrons. The van der Waals surface area contributed by atoms with Gasteiger partial charge >= 0.3 is 0 Å². The molecule has 2 rings (SSSR count). The molecule has 0 aliphatic heterocycles. The van der Waals surface area contributed by atoms with Gasteiger partial charge in [-0.1, -0.05) is 0 Å². The largest absolute Gasteiger partial charge is 0.307 e. The van der Waals surface area contributed by atoms with Crippen molar-refractivity contribution in [1.29, 1.82) is 0 Å². The van der Waals surface area contributed by atoms with Crippen LogP contribution in [0.4, 0.5) is 0 Å². The second-order valence-corrected chi connectivity index (χ2v) is 3.23. The fourth-order valence-corrected chi connectivity index (χ4v) is 1.10. The number of amidine groups is 1. The normalized spacial score (nSPS) is 17.5. The smallest absolute Gasteiger partial charge is 0.163 e. The topological polar surface area (TPSA) is 68.2 Å². The Bertz CT molecular complexity index is 323. The van der Waals surface area contributed by atoms with Crippen molar-refractivity contribution in [3.63, 3.8) is 0 Å². The maximum absolute atomic E-state index is 5.36. The molecule has 1 aromatic rings. The zero-order chi connectivity index (χ0) is 9.26. The summed E-state index contributed by atoms with van der Waals surface area (Å²) in [5, 5.41) is 4.21. The third kappa shape index (κ3) is 1.86. The van der Waals surface area contributed by atoms with Gasteiger partial charge in [0.25, 0.3) is 0 Å². The van der Waals surface area contributed by atoms with E-state index >= 15 is 0 Å². The first-order valence-electron chi connectivity index (χ1n) is 4.34. The van der Waals surface area contributed by atoms with Crippen LogP contribution < -0.4 is 11.3 Å². The quantitative estimate of drug-likeness (QED) is 0.286. The van der Waals surface area contributed by atoms with Crippen molar-refractivity contribution in [2.45, 2.75) is 18.9 Å². The van der Waals surface area contributed by atoms with Crippen LogP contribution >= 0.6 is 0 Å². The van der Waals surface area contributed by atoms with Gasteiger partial charge < -0.3 is 5.43 Å². The minimum atomic E-state index is 0.452. The Morgan fingerprint density at radius 1 is 1.77 bits per heavy atom. The molecule has 1 aliphatic rings. The van der Waals surface area contributed by atoms with Crippen LogP contribution in [-0.2, 0) is 7.05 Å². The van der Waals surface area contributed by atoms with Crippen molar-refractivity contribution >= 4 is 5.84 Å². The van der Waals surface area contributed by atoms with E-state index in [1.54, 1.807) is 4.68 Å². The molecular formula is C8H13N5. The molecule has 1 heterocycles. The fraction of sp³-hybridized carbons (Fsp3) is 0.500. The number of aliphatic imine (C=N–C) groups is 1. The summed E-state index contributed by atoms with van der Waals surface area (Å²) in [6, 6.07) is 2.34. The number of rotatable bonds is 2. The number of nitrogens with one attached hydrogen (secondary N) is 1. The lowest BCUT2D eigenvalue weighted by molar-refractivity contribution is 0.761. The van der Waals surface area contributed by atoms with Crippen LogP contribution in [0.2, 0.25) is 0 Å². The first kappa shape index (κ1) is 8.25. The van der Waals surface area contributed by atoms with Crippen molar-refractivity contribution in [3.05, 3.63) is 18.0 Å². The standard InChI is InChI=1S/C8H13N5/c1-13-5-4-7(12-13)8(11-9)10-6-2-3-6/h4-6H,2-3,9H2,1H3,(H,10,11). The van der Waals surface area contributed by atoms with Gasteiger partial charge in [0.1, 0.15) is 5.69 Å². The zero-order valence-electron chi connectivity index (χ0n) is 7.57. The summed E-state index contributed by atoms with van der Waals surface area (Å²) in [5.74, 6) is 6.04. The van der Waals surface area contributed by atoms with Gasteiger partial charge in [0.05, 0.1) is 6.04 Å². The van der Waals surface area contributed by atoms with Crippen LogP contribution in [-0.4, -0.2) is 21.7 Å². The molecule has 1 saturated carbocycles. The van der Waals surface area contributed by atoms with Gasteiger partial charge in [0.2, 0.25) is 0 Å². The Hall–Kier alpha value is -1.36. The first-order valence-corrected chi connectivity index (χ1v) is 4.34. The van der Waals surface area contributed by atoms with Crippen molar-refractivity contribution < 1.29 is 0 Å². The van der Waals surface area contributed by atoms with Gasteiger partial charge in [0, 0.05) is 13.2 Å². The highest BCUT2D eigenvalue weighted by Gasteiger charge is 2.21. The van der Waals surface area contributed by atoms with Crippen LogP contribution in [0.25, 0.3) is 0 Å². The molecule has 0 atom stereocenters. The van der Waals surface area contributed by atoms with E-state index in [-0.39, 0.29) is 0 Å². The highest BCUT2D eigenvalue weighted by Crippen LogP contribution is 2.23. The molecule has 0 unspecified atom stereocenters. The number of aromatic nitrogens is 2. The highest BCUT2D eigenvalue weighted by molar-refractivity contribution is 5.96. The molecule has 0 amide bonds. The number of aryl methyl sites for hydroxylation is 1. The molecule has 1 aliphatic carbocycles. The molecule has 5 nitrogen and oxygen atoms in total. The SMILES string of the molecule is Cn1ccc(C(=NC2CC2)NN)n1. The fourth-order valence-electron chi connectivity index (χ4n) is 1.10. The molecule has 0 spiro atoms. The number of hydrazine groups is 1. The Labute approximate surface area is 76.6 Å². The lowest BCUT2D eigenvalue weighted by Gasteiger charge is -2.00. The van der Waals surface area contributed by atoms with E-state index in [1.807, 2.05) is 19.3 Å². The van der Waals surface area contributed by atoms with Crippen molar-refractivity contribution in [2.24, 2.45) is 17.9 Å². The molecule has 5 heteroatoms. The van der Waals surface area contributed by atoms with Crippen molar-refractivity contribution in [3.8, 4) is 0 Å². The average Bonchev–Trinajstić information content (AvgIpc) is 2.84. The van der Waals surface area contributed by atoms with E-state index in [0.717, 1.165) is 18.5 Å². The van der Waals surface area contributed by atoms with Crippen LogP contribution in [0, 0.1) is 0 Å². The van der Waals surface area contributed by atoms with E-state index in [0.29, 0.717) is 11.9 Å². The maximum atomic E-state index is 5.36. The van der Waals surface area contributed by atoms with E-state index in [9.17, 15) is 0 Å². The molecule has 0 bridgehead atoms. The van der Waals surface area contributed by atoms with Gasteiger partial charge in [-0.15, -0.1) is 0 Å². The van der Waals surface area contributed by atoms with E-state index in [4.69, 9.17) is 5.84 Å². The number of hydrogen-bond acceptors (Lipinski definition) is 3. The van der Waals surface area contributed by atoms with Gasteiger partial charge in [-0.25, -0.2) is 5.84 Å². The second-order valence-electron chi connectivity index (χ2n) is 3.23. The highest BCUT2D eigenvalue weighted by atomic mass is 15.3. The average molecular weight is 179 g/mol. The molecule has 13 heavy (non-hydrogen) atoms. The molecule has 1 fully saturated rings. The Balaban J connectivity index is 2.20. The zero-order valence-corrected chi connectivity index (χ0v) is 7.57. The van der Waals surface area contributed by atoms with Crippen LogP contribution in [0.3, 0.4) is 0 Å².